The van der Waals surface area contributed by atoms with Crippen molar-refractivity contribution in [3.05, 3.63) is 46.6 Å². The molecule has 0 bridgehead atoms. The lowest BCUT2D eigenvalue weighted by Crippen LogP contribution is -2.42. The molecule has 0 aliphatic heterocycles. The molecule has 1 heterocycles. The van der Waals surface area contributed by atoms with Crippen molar-refractivity contribution in [2.75, 3.05) is 32.1 Å². The first-order valence-electron chi connectivity index (χ1n) is 10.3. The van der Waals surface area contributed by atoms with E-state index in [4.69, 9.17) is 21.3 Å². The summed E-state index contributed by atoms with van der Waals surface area (Å²) in [6.45, 7) is 7.99. The molecule has 1 aromatic heterocycles. The Balaban J connectivity index is 0.00000240. The van der Waals surface area contributed by atoms with E-state index in [1.165, 1.54) is 0 Å². The van der Waals surface area contributed by atoms with E-state index in [0.29, 0.717) is 24.7 Å². The standard InChI is InChI=1S/C23H30ClN3O2.2ClH/c1-5-27(28,6-2)13-7-8-16(3)25-23-19-11-9-17(24)14-22(19)26-21-12-10-18(29-4)15-20(21)23;;/h9-12,14-16H,5-8,13H2,1-4H3,(H,25,26);2*1H. The van der Waals surface area contributed by atoms with Gasteiger partial charge in [-0.1, -0.05) is 11.6 Å². The Bertz CT molecular complexity index is 997. The minimum absolute atomic E-state index is 0. The monoisotopic (exact) mass is 487 g/mol. The van der Waals surface area contributed by atoms with Crippen molar-refractivity contribution >= 4 is 63.9 Å². The summed E-state index contributed by atoms with van der Waals surface area (Å²) in [6.07, 6.45) is 1.81. The SMILES string of the molecule is CC[N+]([O-])(CC)CCCC(C)Nc1c2ccc(Cl)cc2nc2ccc(OC)cc12.Cl.Cl. The van der Waals surface area contributed by atoms with Gasteiger partial charge in [0.2, 0.25) is 0 Å². The predicted octanol–water partition coefficient (Wildman–Crippen LogP) is 6.83. The highest BCUT2D eigenvalue weighted by atomic mass is 35.5. The lowest BCUT2D eigenvalue weighted by Gasteiger charge is -2.41. The Morgan fingerprint density at radius 1 is 1.06 bits per heavy atom. The molecule has 5 nitrogen and oxygen atoms in total. The van der Waals surface area contributed by atoms with Gasteiger partial charge in [0.1, 0.15) is 5.75 Å². The van der Waals surface area contributed by atoms with Gasteiger partial charge in [0.25, 0.3) is 0 Å². The summed E-state index contributed by atoms with van der Waals surface area (Å²) in [5.41, 5.74) is 2.78. The topological polar surface area (TPSA) is 57.2 Å². The first-order chi connectivity index (χ1) is 13.9. The molecule has 0 saturated heterocycles. The van der Waals surface area contributed by atoms with E-state index in [1.54, 1.807) is 7.11 Å². The Morgan fingerprint density at radius 2 is 1.77 bits per heavy atom. The number of nitrogens with zero attached hydrogens (tertiary/aromatic N) is 2. The number of anilines is 1. The van der Waals surface area contributed by atoms with Crippen LogP contribution in [0.4, 0.5) is 5.69 Å². The number of hydrogen-bond acceptors (Lipinski definition) is 4. The van der Waals surface area contributed by atoms with E-state index >= 15 is 0 Å². The molecule has 0 fully saturated rings. The van der Waals surface area contributed by atoms with Crippen LogP contribution in [0.5, 0.6) is 5.75 Å². The second kappa shape index (κ2) is 11.9. The molecule has 0 aliphatic rings. The van der Waals surface area contributed by atoms with Crippen LogP contribution in [0.15, 0.2) is 36.4 Å². The van der Waals surface area contributed by atoms with Gasteiger partial charge in [-0.2, -0.15) is 0 Å². The first-order valence-corrected chi connectivity index (χ1v) is 10.7. The molecule has 0 saturated carbocycles. The number of hydroxylamine groups is 3. The fourth-order valence-corrected chi connectivity index (χ4v) is 3.89. The van der Waals surface area contributed by atoms with Gasteiger partial charge in [0.05, 0.1) is 43.5 Å². The summed E-state index contributed by atoms with van der Waals surface area (Å²) in [4.78, 5) is 4.77. The summed E-state index contributed by atoms with van der Waals surface area (Å²) >= 11 is 6.20. The van der Waals surface area contributed by atoms with E-state index in [2.05, 4.69) is 12.2 Å². The predicted molar refractivity (Wildman–Crippen MR) is 137 cm³/mol. The number of methoxy groups -OCH3 is 1. The number of rotatable bonds is 9. The molecule has 1 N–H and O–H groups in total. The molecule has 31 heavy (non-hydrogen) atoms. The Hall–Kier alpha value is -1.50. The average molecular weight is 489 g/mol. The maximum absolute atomic E-state index is 12.5. The maximum Gasteiger partial charge on any atom is 0.119 e. The van der Waals surface area contributed by atoms with Crippen LogP contribution in [0.2, 0.25) is 5.02 Å². The minimum Gasteiger partial charge on any atom is -0.633 e. The lowest BCUT2D eigenvalue weighted by atomic mass is 10.1. The largest absolute Gasteiger partial charge is 0.633 e. The summed E-state index contributed by atoms with van der Waals surface area (Å²) in [7, 11) is 1.67. The summed E-state index contributed by atoms with van der Waals surface area (Å²) in [5, 5.41) is 18.9. The van der Waals surface area contributed by atoms with Crippen molar-refractivity contribution in [1.29, 1.82) is 0 Å². The van der Waals surface area contributed by atoms with Crippen molar-refractivity contribution in [1.82, 2.24) is 4.98 Å². The number of quaternary nitrogens is 1. The molecule has 2 aromatic carbocycles. The number of benzene rings is 2. The zero-order chi connectivity index (χ0) is 21.0. The molecule has 1 unspecified atom stereocenters. The average Bonchev–Trinajstić information content (AvgIpc) is 2.72. The van der Waals surface area contributed by atoms with E-state index in [-0.39, 0.29) is 35.5 Å². The Kier molecular flexibility index (Phi) is 10.6. The van der Waals surface area contributed by atoms with Gasteiger partial charge in [0, 0.05) is 21.8 Å². The highest BCUT2D eigenvalue weighted by molar-refractivity contribution is 6.31. The maximum atomic E-state index is 12.5. The molecular weight excluding hydrogens is 457 g/mol. The number of hydrogen-bond donors (Lipinski definition) is 1. The van der Waals surface area contributed by atoms with Crippen molar-refractivity contribution in [3.63, 3.8) is 0 Å². The third-order valence-corrected chi connectivity index (χ3v) is 5.92. The van der Waals surface area contributed by atoms with Gasteiger partial charge in [-0.05, 0) is 70.0 Å². The van der Waals surface area contributed by atoms with Crippen LogP contribution >= 0.6 is 36.4 Å². The Labute approximate surface area is 202 Å². The fraction of sp³-hybridized carbons (Fsp3) is 0.435. The van der Waals surface area contributed by atoms with Gasteiger partial charge >= 0.3 is 0 Å². The van der Waals surface area contributed by atoms with Crippen LogP contribution in [0.25, 0.3) is 21.8 Å². The molecule has 0 radical (unpaired) electrons. The first kappa shape index (κ1) is 27.5. The van der Waals surface area contributed by atoms with E-state index in [1.807, 2.05) is 50.2 Å². The second-order valence-electron chi connectivity index (χ2n) is 7.63. The van der Waals surface area contributed by atoms with Gasteiger partial charge in [-0.15, -0.1) is 24.8 Å². The van der Waals surface area contributed by atoms with Crippen LogP contribution in [0.1, 0.15) is 33.6 Å². The van der Waals surface area contributed by atoms with Gasteiger partial charge < -0.3 is 19.9 Å². The van der Waals surface area contributed by atoms with Gasteiger partial charge in [-0.3, -0.25) is 0 Å². The van der Waals surface area contributed by atoms with E-state index in [9.17, 15) is 5.21 Å². The summed E-state index contributed by atoms with van der Waals surface area (Å²) in [6, 6.07) is 11.9. The molecular formula is C23H32Cl3N3O2. The molecule has 172 valence electrons. The zero-order valence-corrected chi connectivity index (χ0v) is 20.9. The highest BCUT2D eigenvalue weighted by Gasteiger charge is 2.15. The highest BCUT2D eigenvalue weighted by Crippen LogP contribution is 2.34. The summed E-state index contributed by atoms with van der Waals surface area (Å²) < 4.78 is 5.31. The number of fused-ring (bicyclic) bond motifs is 2. The van der Waals surface area contributed by atoms with E-state index in [0.717, 1.165) is 46.1 Å². The number of aromatic nitrogens is 1. The molecule has 3 rings (SSSR count). The zero-order valence-electron chi connectivity index (χ0n) is 18.5. The second-order valence-corrected chi connectivity index (χ2v) is 8.07. The van der Waals surface area contributed by atoms with Crippen LogP contribution < -0.4 is 10.1 Å². The third-order valence-electron chi connectivity index (χ3n) is 5.69. The Morgan fingerprint density at radius 3 is 2.42 bits per heavy atom. The smallest absolute Gasteiger partial charge is 0.119 e. The van der Waals surface area contributed by atoms with Crippen LogP contribution in [-0.4, -0.2) is 42.4 Å². The summed E-state index contributed by atoms with van der Waals surface area (Å²) in [5.74, 6) is 0.794. The van der Waals surface area contributed by atoms with Crippen molar-refractivity contribution < 1.29 is 9.38 Å². The van der Waals surface area contributed by atoms with Crippen molar-refractivity contribution in [3.8, 4) is 5.75 Å². The third kappa shape index (κ3) is 6.50. The molecule has 8 heteroatoms. The number of ether oxygens (including phenoxy) is 1. The van der Waals surface area contributed by atoms with Crippen LogP contribution in [0, 0.1) is 5.21 Å². The van der Waals surface area contributed by atoms with E-state index < -0.39 is 0 Å². The molecule has 1 atom stereocenters. The van der Waals surface area contributed by atoms with Crippen molar-refractivity contribution in [2.45, 2.75) is 39.7 Å². The number of halogens is 3. The van der Waals surface area contributed by atoms with Crippen LogP contribution in [-0.2, 0) is 0 Å². The van der Waals surface area contributed by atoms with Crippen LogP contribution in [0.3, 0.4) is 0 Å². The molecule has 0 amide bonds. The number of pyridine rings is 1. The quantitative estimate of drug-likeness (QED) is 0.204. The number of nitrogens with one attached hydrogen (secondary N) is 1. The minimum atomic E-state index is -0.121. The van der Waals surface area contributed by atoms with Gasteiger partial charge in [0.15, 0.2) is 0 Å². The van der Waals surface area contributed by atoms with Crippen molar-refractivity contribution in [2.24, 2.45) is 0 Å². The fourth-order valence-electron chi connectivity index (χ4n) is 3.72. The molecule has 0 aliphatic carbocycles. The molecule has 3 aromatic rings. The lowest BCUT2D eigenvalue weighted by molar-refractivity contribution is -0.877. The van der Waals surface area contributed by atoms with Gasteiger partial charge in [-0.25, -0.2) is 4.98 Å². The normalized spacial score (nSPS) is 12.2. The molecule has 0 spiro atoms.